The Balaban J connectivity index is 2.12. The van der Waals surface area contributed by atoms with Gasteiger partial charge in [-0.3, -0.25) is 9.59 Å². The molecule has 0 N–H and O–H groups in total. The molecule has 0 bridgehead atoms. The number of carbonyl (C=O) groups is 2. The first-order valence-corrected chi connectivity index (χ1v) is 8.69. The molecule has 0 unspecified atom stereocenters. The van der Waals surface area contributed by atoms with Gasteiger partial charge in [0.2, 0.25) is 11.8 Å². The van der Waals surface area contributed by atoms with E-state index in [1.165, 1.54) is 0 Å². The molecule has 0 saturated carbocycles. The molecule has 1 aromatic carbocycles. The lowest BCUT2D eigenvalue weighted by molar-refractivity contribution is -0.135. The Morgan fingerprint density at radius 3 is 2.04 bits per heavy atom. The highest BCUT2D eigenvalue weighted by molar-refractivity contribution is 9.10. The van der Waals surface area contributed by atoms with Gasteiger partial charge in [0.1, 0.15) is 0 Å². The average Bonchev–Trinajstić information content (AvgIpc) is 2.53. The highest BCUT2D eigenvalue weighted by Crippen LogP contribution is 2.25. The first-order chi connectivity index (χ1) is 10.9. The van der Waals surface area contributed by atoms with Gasteiger partial charge in [0, 0.05) is 43.7 Å². The maximum atomic E-state index is 12.6. The molecule has 2 amide bonds. The SMILES string of the molecule is CC(=O)N1CCN(C(=O)/C=C(/c2ccc(Br)cc2)C(C)C)CC1. The lowest BCUT2D eigenvalue weighted by Gasteiger charge is -2.33. The summed E-state index contributed by atoms with van der Waals surface area (Å²) in [5, 5.41) is 0. The van der Waals surface area contributed by atoms with E-state index in [0.717, 1.165) is 15.6 Å². The molecule has 23 heavy (non-hydrogen) atoms. The van der Waals surface area contributed by atoms with Gasteiger partial charge < -0.3 is 9.80 Å². The van der Waals surface area contributed by atoms with E-state index in [9.17, 15) is 9.59 Å². The maximum absolute atomic E-state index is 12.6. The molecular formula is C18H23BrN2O2. The molecule has 1 heterocycles. The van der Waals surface area contributed by atoms with Crippen molar-refractivity contribution in [1.29, 1.82) is 0 Å². The maximum Gasteiger partial charge on any atom is 0.246 e. The van der Waals surface area contributed by atoms with E-state index in [4.69, 9.17) is 0 Å². The zero-order valence-electron chi connectivity index (χ0n) is 13.9. The summed E-state index contributed by atoms with van der Waals surface area (Å²) in [4.78, 5) is 27.5. The molecule has 124 valence electrons. The van der Waals surface area contributed by atoms with E-state index in [1.807, 2.05) is 29.2 Å². The molecule has 1 aliphatic rings. The van der Waals surface area contributed by atoms with Crippen molar-refractivity contribution in [3.05, 3.63) is 40.4 Å². The van der Waals surface area contributed by atoms with Crippen LogP contribution in [-0.2, 0) is 9.59 Å². The Labute approximate surface area is 146 Å². The molecule has 1 aliphatic heterocycles. The minimum atomic E-state index is 0.0276. The van der Waals surface area contributed by atoms with E-state index in [-0.39, 0.29) is 17.7 Å². The number of hydrogen-bond acceptors (Lipinski definition) is 2. The first-order valence-electron chi connectivity index (χ1n) is 7.90. The number of piperazine rings is 1. The predicted octanol–water partition coefficient (Wildman–Crippen LogP) is 3.18. The summed E-state index contributed by atoms with van der Waals surface area (Å²) in [5.41, 5.74) is 2.11. The standard InChI is InChI=1S/C18H23BrN2O2/c1-13(2)17(15-4-6-16(19)7-5-15)12-18(23)21-10-8-20(9-11-21)14(3)22/h4-7,12-13H,8-11H2,1-3H3/b17-12+. The summed E-state index contributed by atoms with van der Waals surface area (Å²) >= 11 is 3.44. The number of allylic oxidation sites excluding steroid dienone is 1. The van der Waals surface area contributed by atoms with Gasteiger partial charge in [-0.2, -0.15) is 0 Å². The zero-order chi connectivity index (χ0) is 17.0. The van der Waals surface area contributed by atoms with Crippen molar-refractivity contribution in [2.24, 2.45) is 5.92 Å². The van der Waals surface area contributed by atoms with Crippen molar-refractivity contribution in [2.45, 2.75) is 20.8 Å². The molecule has 5 heteroatoms. The molecule has 4 nitrogen and oxygen atoms in total. The van der Waals surface area contributed by atoms with Crippen LogP contribution < -0.4 is 0 Å². The third-order valence-electron chi connectivity index (χ3n) is 4.12. The van der Waals surface area contributed by atoms with Gasteiger partial charge >= 0.3 is 0 Å². The molecule has 0 radical (unpaired) electrons. The topological polar surface area (TPSA) is 40.6 Å². The Morgan fingerprint density at radius 2 is 1.57 bits per heavy atom. The van der Waals surface area contributed by atoms with Crippen LogP contribution in [0.1, 0.15) is 26.3 Å². The number of amides is 2. The number of rotatable bonds is 3. The Kier molecular flexibility index (Phi) is 5.99. The molecule has 0 aromatic heterocycles. The Bertz CT molecular complexity index is 600. The van der Waals surface area contributed by atoms with Crippen LogP contribution >= 0.6 is 15.9 Å². The first kappa shape index (κ1) is 17.7. The van der Waals surface area contributed by atoms with Crippen molar-refractivity contribution in [3.63, 3.8) is 0 Å². The fourth-order valence-electron chi connectivity index (χ4n) is 2.69. The van der Waals surface area contributed by atoms with Gasteiger partial charge in [-0.1, -0.05) is 41.9 Å². The molecule has 1 saturated heterocycles. The predicted molar refractivity (Wildman–Crippen MR) is 95.8 cm³/mol. The number of benzene rings is 1. The summed E-state index contributed by atoms with van der Waals surface area (Å²) < 4.78 is 1.02. The van der Waals surface area contributed by atoms with E-state index >= 15 is 0 Å². The Morgan fingerprint density at radius 1 is 1.04 bits per heavy atom. The summed E-state index contributed by atoms with van der Waals surface area (Å²) in [5.74, 6) is 0.365. The molecule has 2 rings (SSSR count). The number of nitrogens with zero attached hydrogens (tertiary/aromatic N) is 2. The van der Waals surface area contributed by atoms with E-state index in [2.05, 4.69) is 29.8 Å². The third-order valence-corrected chi connectivity index (χ3v) is 4.64. The van der Waals surface area contributed by atoms with Gasteiger partial charge in [-0.25, -0.2) is 0 Å². The van der Waals surface area contributed by atoms with E-state index < -0.39 is 0 Å². The quantitative estimate of drug-likeness (QED) is 0.757. The van der Waals surface area contributed by atoms with Crippen molar-refractivity contribution < 1.29 is 9.59 Å². The second-order valence-electron chi connectivity index (χ2n) is 6.09. The van der Waals surface area contributed by atoms with E-state index in [0.29, 0.717) is 26.2 Å². The highest BCUT2D eigenvalue weighted by atomic mass is 79.9. The normalized spacial score (nSPS) is 16.0. The van der Waals surface area contributed by atoms with Gasteiger partial charge in [0.25, 0.3) is 0 Å². The van der Waals surface area contributed by atoms with Crippen molar-refractivity contribution in [1.82, 2.24) is 9.80 Å². The van der Waals surface area contributed by atoms with Crippen LogP contribution in [0.4, 0.5) is 0 Å². The van der Waals surface area contributed by atoms with Crippen LogP contribution in [0.2, 0.25) is 0 Å². The van der Waals surface area contributed by atoms with Crippen molar-refractivity contribution in [3.8, 4) is 0 Å². The lowest BCUT2D eigenvalue weighted by Crippen LogP contribution is -2.49. The molecular weight excluding hydrogens is 356 g/mol. The van der Waals surface area contributed by atoms with E-state index in [1.54, 1.807) is 17.9 Å². The largest absolute Gasteiger partial charge is 0.339 e. The summed E-state index contributed by atoms with van der Waals surface area (Å²) in [7, 11) is 0. The van der Waals surface area contributed by atoms with Crippen LogP contribution in [0.25, 0.3) is 5.57 Å². The van der Waals surface area contributed by atoms with Gasteiger partial charge in [-0.15, -0.1) is 0 Å². The number of hydrogen-bond donors (Lipinski definition) is 0. The molecule has 1 aromatic rings. The lowest BCUT2D eigenvalue weighted by atomic mass is 9.95. The molecule has 0 atom stereocenters. The Hall–Kier alpha value is -1.62. The highest BCUT2D eigenvalue weighted by Gasteiger charge is 2.22. The van der Waals surface area contributed by atoms with Crippen LogP contribution in [-0.4, -0.2) is 47.8 Å². The van der Waals surface area contributed by atoms with Crippen molar-refractivity contribution >= 4 is 33.3 Å². The van der Waals surface area contributed by atoms with Crippen LogP contribution in [0.5, 0.6) is 0 Å². The minimum absolute atomic E-state index is 0.0276. The zero-order valence-corrected chi connectivity index (χ0v) is 15.5. The monoisotopic (exact) mass is 378 g/mol. The van der Waals surface area contributed by atoms with Gasteiger partial charge in [0.05, 0.1) is 0 Å². The minimum Gasteiger partial charge on any atom is -0.339 e. The van der Waals surface area contributed by atoms with Gasteiger partial charge in [-0.05, 0) is 29.2 Å². The third kappa shape index (κ3) is 4.67. The second kappa shape index (κ2) is 7.77. The molecule has 0 spiro atoms. The van der Waals surface area contributed by atoms with Crippen molar-refractivity contribution in [2.75, 3.05) is 26.2 Å². The molecule has 1 fully saturated rings. The number of halogens is 1. The second-order valence-corrected chi connectivity index (χ2v) is 7.01. The fraction of sp³-hybridized carbons (Fsp3) is 0.444. The van der Waals surface area contributed by atoms with Crippen LogP contribution in [0.15, 0.2) is 34.8 Å². The van der Waals surface area contributed by atoms with Crippen LogP contribution in [0.3, 0.4) is 0 Å². The fourth-order valence-corrected chi connectivity index (χ4v) is 2.96. The smallest absolute Gasteiger partial charge is 0.246 e. The number of carbonyl (C=O) groups excluding carboxylic acids is 2. The summed E-state index contributed by atoms with van der Waals surface area (Å²) in [6.45, 7) is 8.18. The van der Waals surface area contributed by atoms with Crippen LogP contribution in [0, 0.1) is 5.92 Å². The summed E-state index contributed by atoms with van der Waals surface area (Å²) in [6, 6.07) is 8.02. The molecule has 0 aliphatic carbocycles. The average molecular weight is 379 g/mol. The summed E-state index contributed by atoms with van der Waals surface area (Å²) in [6.07, 6.45) is 1.75. The van der Waals surface area contributed by atoms with Gasteiger partial charge in [0.15, 0.2) is 0 Å².